The van der Waals surface area contributed by atoms with Crippen LogP contribution in [0.4, 0.5) is 5.69 Å². The highest BCUT2D eigenvalue weighted by Gasteiger charge is 2.10. The van der Waals surface area contributed by atoms with Crippen molar-refractivity contribution >= 4 is 17.9 Å². The molecule has 0 heterocycles. The lowest BCUT2D eigenvalue weighted by molar-refractivity contribution is 0.0734. The summed E-state index contributed by atoms with van der Waals surface area (Å²) in [5.41, 5.74) is 3.03. The zero-order valence-corrected chi connectivity index (χ0v) is 18.6. The van der Waals surface area contributed by atoms with E-state index < -0.39 is 5.97 Å². The lowest BCUT2D eigenvalue weighted by Crippen LogP contribution is -2.08. The molecule has 3 aromatic rings. The Hall–Kier alpha value is -3.60. The lowest BCUT2D eigenvalue weighted by atomic mass is 10.1. The second-order valence-corrected chi connectivity index (χ2v) is 7.51. The van der Waals surface area contributed by atoms with Gasteiger partial charge in [0.1, 0.15) is 17.2 Å². The fourth-order valence-electron chi connectivity index (χ4n) is 3.07. The molecule has 0 amide bonds. The minimum atomic E-state index is -0.502. The fourth-order valence-corrected chi connectivity index (χ4v) is 3.07. The zero-order chi connectivity index (χ0) is 22.8. The van der Waals surface area contributed by atoms with Gasteiger partial charge in [0.2, 0.25) is 0 Å². The van der Waals surface area contributed by atoms with E-state index in [-0.39, 0.29) is 11.5 Å². The Balaban J connectivity index is 1.60. The largest absolute Gasteiger partial charge is 0.507 e. The SMILES string of the molecule is CCCCOc1ccc(C(=O)Oc2ccc(C=Nc3ccc(CCC)cc3)c(O)c2)cc1. The Morgan fingerprint density at radius 2 is 1.66 bits per heavy atom. The summed E-state index contributed by atoms with van der Waals surface area (Å²) in [4.78, 5) is 16.8. The van der Waals surface area contributed by atoms with Crippen LogP contribution in [-0.4, -0.2) is 23.9 Å². The Morgan fingerprint density at radius 3 is 2.31 bits per heavy atom. The number of aryl methyl sites for hydroxylation is 1. The Labute approximate surface area is 189 Å². The molecule has 32 heavy (non-hydrogen) atoms. The maximum atomic E-state index is 12.4. The van der Waals surface area contributed by atoms with E-state index in [0.29, 0.717) is 17.7 Å². The van der Waals surface area contributed by atoms with Crippen molar-refractivity contribution in [2.24, 2.45) is 4.99 Å². The van der Waals surface area contributed by atoms with E-state index in [0.717, 1.165) is 37.1 Å². The van der Waals surface area contributed by atoms with Crippen LogP contribution in [0.2, 0.25) is 0 Å². The van der Waals surface area contributed by atoms with E-state index in [1.807, 2.05) is 12.1 Å². The number of esters is 1. The number of hydrogen-bond acceptors (Lipinski definition) is 5. The highest BCUT2D eigenvalue weighted by atomic mass is 16.5. The van der Waals surface area contributed by atoms with Gasteiger partial charge in [0.25, 0.3) is 0 Å². The van der Waals surface area contributed by atoms with E-state index >= 15 is 0 Å². The number of aromatic hydroxyl groups is 1. The monoisotopic (exact) mass is 431 g/mol. The number of hydrogen-bond donors (Lipinski definition) is 1. The van der Waals surface area contributed by atoms with Gasteiger partial charge in [-0.1, -0.05) is 38.8 Å². The number of carbonyl (C=O) groups excluding carboxylic acids is 1. The molecule has 0 saturated carbocycles. The van der Waals surface area contributed by atoms with Gasteiger partial charge in [0.05, 0.1) is 17.9 Å². The molecule has 0 spiro atoms. The molecule has 0 saturated heterocycles. The molecular weight excluding hydrogens is 402 g/mol. The summed E-state index contributed by atoms with van der Waals surface area (Å²) >= 11 is 0. The summed E-state index contributed by atoms with van der Waals surface area (Å²) in [6.45, 7) is 4.90. The number of ether oxygens (including phenoxy) is 2. The predicted molar refractivity (Wildman–Crippen MR) is 128 cm³/mol. The van der Waals surface area contributed by atoms with E-state index in [4.69, 9.17) is 9.47 Å². The van der Waals surface area contributed by atoms with Crippen molar-refractivity contribution in [1.82, 2.24) is 0 Å². The smallest absolute Gasteiger partial charge is 0.343 e. The van der Waals surface area contributed by atoms with Gasteiger partial charge in [0.15, 0.2) is 0 Å². The van der Waals surface area contributed by atoms with E-state index in [9.17, 15) is 9.90 Å². The van der Waals surface area contributed by atoms with E-state index in [2.05, 4.69) is 31.0 Å². The Morgan fingerprint density at radius 1 is 0.938 bits per heavy atom. The Bertz CT molecular complexity index is 1040. The minimum Gasteiger partial charge on any atom is -0.507 e. The summed E-state index contributed by atoms with van der Waals surface area (Å²) in [6, 6.07) is 19.5. The normalized spacial score (nSPS) is 10.9. The number of nitrogens with zero attached hydrogens (tertiary/aromatic N) is 1. The first kappa shape index (κ1) is 23.1. The molecule has 1 N–H and O–H groups in total. The summed E-state index contributed by atoms with van der Waals surface area (Å²) in [7, 11) is 0. The molecule has 0 aliphatic carbocycles. The average Bonchev–Trinajstić information content (AvgIpc) is 2.80. The van der Waals surface area contributed by atoms with E-state index in [1.54, 1.807) is 42.6 Å². The topological polar surface area (TPSA) is 68.1 Å². The summed E-state index contributed by atoms with van der Waals surface area (Å²) in [6.07, 6.45) is 5.79. The molecule has 0 radical (unpaired) electrons. The quantitative estimate of drug-likeness (QED) is 0.172. The van der Waals surface area contributed by atoms with Crippen molar-refractivity contribution in [3.63, 3.8) is 0 Å². The van der Waals surface area contributed by atoms with Gasteiger partial charge in [-0.25, -0.2) is 4.79 Å². The van der Waals surface area contributed by atoms with Crippen molar-refractivity contribution < 1.29 is 19.4 Å². The molecular formula is C27H29NO4. The van der Waals surface area contributed by atoms with Crippen LogP contribution in [0.15, 0.2) is 71.7 Å². The molecule has 0 aromatic heterocycles. The first-order chi connectivity index (χ1) is 15.6. The van der Waals surface area contributed by atoms with Crippen molar-refractivity contribution in [3.05, 3.63) is 83.4 Å². The number of unbranched alkanes of at least 4 members (excludes halogenated alkanes) is 1. The van der Waals surface area contributed by atoms with Gasteiger partial charge in [-0.2, -0.15) is 0 Å². The molecule has 3 rings (SSSR count). The number of rotatable bonds is 10. The Kier molecular flexibility index (Phi) is 8.44. The van der Waals surface area contributed by atoms with Crippen LogP contribution in [0.5, 0.6) is 17.2 Å². The van der Waals surface area contributed by atoms with Gasteiger partial charge in [0, 0.05) is 17.8 Å². The molecule has 0 aliphatic rings. The van der Waals surface area contributed by atoms with Gasteiger partial charge in [-0.3, -0.25) is 4.99 Å². The standard InChI is InChI=1S/C27H29NO4/c1-3-5-17-31-24-14-9-21(10-15-24)27(30)32-25-16-11-22(26(29)18-25)19-28-23-12-7-20(6-4-2)8-13-23/h7-16,18-19,29H,3-6,17H2,1-2H3. The molecule has 0 fully saturated rings. The minimum absolute atomic E-state index is 0.0127. The van der Waals surface area contributed by atoms with Gasteiger partial charge < -0.3 is 14.6 Å². The molecule has 3 aromatic carbocycles. The zero-order valence-electron chi connectivity index (χ0n) is 18.6. The van der Waals surface area contributed by atoms with Crippen LogP contribution in [0, 0.1) is 0 Å². The van der Waals surface area contributed by atoms with Gasteiger partial charge in [-0.15, -0.1) is 0 Å². The maximum Gasteiger partial charge on any atom is 0.343 e. The predicted octanol–water partition coefficient (Wildman–Crippen LogP) is 6.49. The van der Waals surface area contributed by atoms with Crippen molar-refractivity contribution in [1.29, 1.82) is 0 Å². The summed E-state index contributed by atoms with van der Waals surface area (Å²) in [5.74, 6) is 0.465. The summed E-state index contributed by atoms with van der Waals surface area (Å²) < 4.78 is 11.0. The van der Waals surface area contributed by atoms with Crippen LogP contribution in [0.1, 0.15) is 54.6 Å². The molecule has 0 atom stereocenters. The number of benzene rings is 3. The number of phenols is 1. The second-order valence-electron chi connectivity index (χ2n) is 7.51. The molecule has 166 valence electrons. The first-order valence-corrected chi connectivity index (χ1v) is 11.0. The molecule has 0 aliphatic heterocycles. The van der Waals surface area contributed by atoms with Gasteiger partial charge >= 0.3 is 5.97 Å². The highest BCUT2D eigenvalue weighted by molar-refractivity contribution is 5.91. The molecule has 5 nitrogen and oxygen atoms in total. The third-order valence-corrected chi connectivity index (χ3v) is 4.90. The average molecular weight is 432 g/mol. The van der Waals surface area contributed by atoms with Crippen LogP contribution >= 0.6 is 0 Å². The third kappa shape index (κ3) is 6.71. The molecule has 0 bridgehead atoms. The lowest BCUT2D eigenvalue weighted by Gasteiger charge is -2.08. The maximum absolute atomic E-state index is 12.4. The van der Waals surface area contributed by atoms with Gasteiger partial charge in [-0.05, 0) is 66.9 Å². The number of aliphatic imine (C=N–C) groups is 1. The summed E-state index contributed by atoms with van der Waals surface area (Å²) in [5, 5.41) is 10.3. The third-order valence-electron chi connectivity index (χ3n) is 4.90. The highest BCUT2D eigenvalue weighted by Crippen LogP contribution is 2.24. The van der Waals surface area contributed by atoms with Crippen molar-refractivity contribution in [2.75, 3.05) is 6.61 Å². The van der Waals surface area contributed by atoms with Crippen LogP contribution in [0.25, 0.3) is 0 Å². The van der Waals surface area contributed by atoms with Crippen LogP contribution in [0.3, 0.4) is 0 Å². The fraction of sp³-hybridized carbons (Fsp3) is 0.259. The number of carbonyl (C=O) groups is 1. The van der Waals surface area contributed by atoms with Crippen molar-refractivity contribution in [2.45, 2.75) is 39.5 Å². The van der Waals surface area contributed by atoms with Crippen molar-refractivity contribution in [3.8, 4) is 17.2 Å². The molecule has 5 heteroatoms. The van der Waals surface area contributed by atoms with Crippen LogP contribution < -0.4 is 9.47 Å². The van der Waals surface area contributed by atoms with E-state index in [1.165, 1.54) is 11.6 Å². The molecule has 0 unspecified atom stereocenters. The number of phenolic OH excluding ortho intramolecular Hbond substituents is 1. The van der Waals surface area contributed by atoms with Crippen LogP contribution in [-0.2, 0) is 6.42 Å². The first-order valence-electron chi connectivity index (χ1n) is 11.0. The second kappa shape index (κ2) is 11.7.